The molecule has 0 bridgehead atoms. The van der Waals surface area contributed by atoms with Gasteiger partial charge >= 0.3 is 0 Å². The molecule has 20 heavy (non-hydrogen) atoms. The van der Waals surface area contributed by atoms with Gasteiger partial charge in [0.05, 0.1) is 6.20 Å². The molecule has 5 nitrogen and oxygen atoms in total. The van der Waals surface area contributed by atoms with Gasteiger partial charge in [0, 0.05) is 31.4 Å². The van der Waals surface area contributed by atoms with E-state index in [2.05, 4.69) is 5.10 Å². The Bertz CT molecular complexity index is 760. The standard InChI is InChI=1S/C15H16N4O/c16-10-13(12-4-2-1-3-5-12)11-18-8-9-19-14(15(18)20)6-7-17-19/h1-9,13H,10-11,16H2. The van der Waals surface area contributed by atoms with E-state index in [4.69, 9.17) is 5.73 Å². The number of nitrogens with zero attached hydrogens (tertiary/aromatic N) is 3. The van der Waals surface area contributed by atoms with Crippen LogP contribution < -0.4 is 11.3 Å². The van der Waals surface area contributed by atoms with Crippen LogP contribution in [0, 0.1) is 0 Å². The van der Waals surface area contributed by atoms with Gasteiger partial charge in [-0.3, -0.25) is 4.79 Å². The fourth-order valence-corrected chi connectivity index (χ4v) is 2.38. The Kier molecular flexibility index (Phi) is 3.35. The first-order valence-corrected chi connectivity index (χ1v) is 6.57. The van der Waals surface area contributed by atoms with E-state index in [0.717, 1.165) is 5.56 Å². The number of rotatable bonds is 4. The van der Waals surface area contributed by atoms with E-state index in [1.807, 2.05) is 30.3 Å². The first kappa shape index (κ1) is 12.6. The van der Waals surface area contributed by atoms with Crippen LogP contribution in [0.2, 0.25) is 0 Å². The van der Waals surface area contributed by atoms with Crippen LogP contribution in [0.1, 0.15) is 11.5 Å². The van der Waals surface area contributed by atoms with Crippen LogP contribution in [-0.2, 0) is 6.54 Å². The molecule has 1 aromatic carbocycles. The van der Waals surface area contributed by atoms with Crippen molar-refractivity contribution in [2.24, 2.45) is 5.73 Å². The summed E-state index contributed by atoms with van der Waals surface area (Å²) in [5.41, 5.74) is 7.55. The van der Waals surface area contributed by atoms with E-state index in [0.29, 0.717) is 18.6 Å². The van der Waals surface area contributed by atoms with Crippen LogP contribution in [-0.4, -0.2) is 20.7 Å². The highest BCUT2D eigenvalue weighted by Crippen LogP contribution is 2.15. The number of benzene rings is 1. The number of aromatic nitrogens is 3. The number of fused-ring (bicyclic) bond motifs is 1. The highest BCUT2D eigenvalue weighted by molar-refractivity contribution is 5.42. The van der Waals surface area contributed by atoms with Gasteiger partial charge in [0.1, 0.15) is 5.52 Å². The normalized spacial score (nSPS) is 12.7. The molecule has 0 aliphatic heterocycles. The minimum absolute atomic E-state index is 0.0422. The summed E-state index contributed by atoms with van der Waals surface area (Å²) in [5, 5.41) is 4.06. The zero-order valence-electron chi connectivity index (χ0n) is 11.0. The van der Waals surface area contributed by atoms with Crippen LogP contribution in [0.3, 0.4) is 0 Å². The molecule has 3 rings (SSSR count). The summed E-state index contributed by atoms with van der Waals surface area (Å²) >= 11 is 0. The molecule has 0 aliphatic rings. The minimum atomic E-state index is -0.0422. The van der Waals surface area contributed by atoms with Crippen LogP contribution in [0.15, 0.2) is 59.8 Å². The van der Waals surface area contributed by atoms with E-state index in [9.17, 15) is 4.79 Å². The molecule has 2 N–H and O–H groups in total. The van der Waals surface area contributed by atoms with Crippen molar-refractivity contribution in [2.75, 3.05) is 6.54 Å². The lowest BCUT2D eigenvalue weighted by molar-refractivity contribution is 0.551. The summed E-state index contributed by atoms with van der Waals surface area (Å²) in [4.78, 5) is 12.3. The Balaban J connectivity index is 1.95. The van der Waals surface area contributed by atoms with E-state index in [1.165, 1.54) is 0 Å². The van der Waals surface area contributed by atoms with Crippen molar-refractivity contribution in [2.45, 2.75) is 12.5 Å². The summed E-state index contributed by atoms with van der Waals surface area (Å²) < 4.78 is 3.28. The molecule has 0 amide bonds. The zero-order chi connectivity index (χ0) is 13.9. The molecular formula is C15H16N4O. The van der Waals surface area contributed by atoms with Crippen molar-refractivity contribution in [3.63, 3.8) is 0 Å². The molecular weight excluding hydrogens is 252 g/mol. The Hall–Kier alpha value is -2.40. The first-order chi connectivity index (χ1) is 9.79. The van der Waals surface area contributed by atoms with Crippen LogP contribution >= 0.6 is 0 Å². The van der Waals surface area contributed by atoms with Crippen molar-refractivity contribution < 1.29 is 0 Å². The lowest BCUT2D eigenvalue weighted by Crippen LogP contribution is -2.27. The lowest BCUT2D eigenvalue weighted by Gasteiger charge is -2.16. The number of hydrogen-bond acceptors (Lipinski definition) is 3. The molecule has 0 aliphatic carbocycles. The lowest BCUT2D eigenvalue weighted by atomic mass is 9.99. The van der Waals surface area contributed by atoms with Crippen molar-refractivity contribution in [1.82, 2.24) is 14.2 Å². The fourth-order valence-electron chi connectivity index (χ4n) is 2.38. The molecule has 5 heteroatoms. The van der Waals surface area contributed by atoms with Gasteiger partial charge in [-0.15, -0.1) is 0 Å². The highest BCUT2D eigenvalue weighted by Gasteiger charge is 2.12. The van der Waals surface area contributed by atoms with Crippen molar-refractivity contribution in [3.05, 3.63) is 70.9 Å². The first-order valence-electron chi connectivity index (χ1n) is 6.57. The molecule has 2 heterocycles. The van der Waals surface area contributed by atoms with Crippen molar-refractivity contribution in [1.29, 1.82) is 0 Å². The Morgan fingerprint density at radius 2 is 1.95 bits per heavy atom. The van der Waals surface area contributed by atoms with Gasteiger partial charge in [-0.05, 0) is 11.6 Å². The van der Waals surface area contributed by atoms with Gasteiger partial charge < -0.3 is 10.3 Å². The van der Waals surface area contributed by atoms with E-state index >= 15 is 0 Å². The van der Waals surface area contributed by atoms with E-state index < -0.39 is 0 Å². The average Bonchev–Trinajstić information content (AvgIpc) is 2.97. The third-order valence-electron chi connectivity index (χ3n) is 3.51. The Morgan fingerprint density at radius 3 is 2.70 bits per heavy atom. The molecule has 0 saturated heterocycles. The predicted molar refractivity (Wildman–Crippen MR) is 77.7 cm³/mol. The van der Waals surface area contributed by atoms with E-state index in [-0.39, 0.29) is 11.5 Å². The molecule has 102 valence electrons. The SMILES string of the molecule is NCC(Cn1ccn2nccc2c1=O)c1ccccc1. The molecule has 0 spiro atoms. The molecule has 3 aromatic rings. The topological polar surface area (TPSA) is 65.3 Å². The van der Waals surface area contributed by atoms with Gasteiger partial charge in [0.2, 0.25) is 0 Å². The molecule has 1 unspecified atom stereocenters. The summed E-state index contributed by atoms with van der Waals surface area (Å²) in [6.45, 7) is 1.07. The van der Waals surface area contributed by atoms with Crippen molar-refractivity contribution in [3.8, 4) is 0 Å². The maximum atomic E-state index is 12.3. The second-order valence-corrected chi connectivity index (χ2v) is 4.76. The summed E-state index contributed by atoms with van der Waals surface area (Å²) in [7, 11) is 0. The van der Waals surface area contributed by atoms with Crippen LogP contribution in [0.5, 0.6) is 0 Å². The largest absolute Gasteiger partial charge is 0.330 e. The van der Waals surface area contributed by atoms with Gasteiger partial charge in [-0.2, -0.15) is 5.10 Å². The zero-order valence-corrected chi connectivity index (χ0v) is 11.0. The summed E-state index contributed by atoms with van der Waals surface area (Å²) in [5.74, 6) is 0.124. The highest BCUT2D eigenvalue weighted by atomic mass is 16.1. The van der Waals surface area contributed by atoms with Crippen molar-refractivity contribution >= 4 is 5.52 Å². The maximum Gasteiger partial charge on any atom is 0.276 e. The molecule has 0 fully saturated rings. The van der Waals surface area contributed by atoms with Gasteiger partial charge in [0.25, 0.3) is 5.56 Å². The summed E-state index contributed by atoms with van der Waals surface area (Å²) in [6.07, 6.45) is 5.17. The summed E-state index contributed by atoms with van der Waals surface area (Å²) in [6, 6.07) is 11.8. The molecule has 0 saturated carbocycles. The van der Waals surface area contributed by atoms with Gasteiger partial charge in [-0.1, -0.05) is 30.3 Å². The van der Waals surface area contributed by atoms with Gasteiger partial charge in [0.15, 0.2) is 0 Å². The Labute approximate surface area is 116 Å². The molecule has 2 aromatic heterocycles. The molecule has 0 radical (unpaired) electrons. The van der Waals surface area contributed by atoms with Gasteiger partial charge in [-0.25, -0.2) is 4.52 Å². The number of nitrogens with two attached hydrogens (primary N) is 1. The fraction of sp³-hybridized carbons (Fsp3) is 0.200. The van der Waals surface area contributed by atoms with Crippen LogP contribution in [0.4, 0.5) is 0 Å². The second kappa shape index (κ2) is 5.30. The second-order valence-electron chi connectivity index (χ2n) is 4.76. The number of hydrogen-bond donors (Lipinski definition) is 1. The monoisotopic (exact) mass is 268 g/mol. The third-order valence-corrected chi connectivity index (χ3v) is 3.51. The Morgan fingerprint density at radius 1 is 1.15 bits per heavy atom. The van der Waals surface area contributed by atoms with Crippen LogP contribution in [0.25, 0.3) is 5.52 Å². The molecule has 1 atom stereocenters. The quantitative estimate of drug-likeness (QED) is 0.774. The predicted octanol–water partition coefficient (Wildman–Crippen LogP) is 1.24. The average molecular weight is 268 g/mol. The third kappa shape index (κ3) is 2.23. The maximum absolute atomic E-state index is 12.3. The smallest absolute Gasteiger partial charge is 0.276 e. The minimum Gasteiger partial charge on any atom is -0.330 e. The van der Waals surface area contributed by atoms with E-state index in [1.54, 1.807) is 33.7 Å².